The van der Waals surface area contributed by atoms with E-state index >= 15 is 0 Å². The van der Waals surface area contributed by atoms with E-state index in [2.05, 4.69) is 34.3 Å². The molecule has 2 aromatic heterocycles. The number of benzene rings is 1. The Morgan fingerprint density at radius 1 is 1.41 bits per heavy atom. The number of rotatable bonds is 4. The van der Waals surface area contributed by atoms with Crippen LogP contribution in [0.15, 0.2) is 29.7 Å². The van der Waals surface area contributed by atoms with Crippen molar-refractivity contribution in [3.63, 3.8) is 0 Å². The van der Waals surface area contributed by atoms with Crippen LogP contribution in [0.3, 0.4) is 0 Å². The highest BCUT2D eigenvalue weighted by Gasteiger charge is 2.11. The standard InChI is InChI=1S/C15H16N4OS2/c1-9-6-10(2)13-11(7-9)22-14(18-13)17-12(20)8-21-15-16-4-5-19(15)3/h4-7H,8H2,1-3H3,(H,17,18,20). The molecule has 1 aromatic carbocycles. The number of amides is 1. The third kappa shape index (κ3) is 3.15. The van der Waals surface area contributed by atoms with Crippen molar-refractivity contribution < 1.29 is 4.79 Å². The molecule has 3 aromatic rings. The minimum absolute atomic E-state index is 0.0681. The van der Waals surface area contributed by atoms with Crippen LogP contribution in [0.4, 0.5) is 5.13 Å². The first-order chi connectivity index (χ1) is 10.5. The van der Waals surface area contributed by atoms with E-state index in [1.54, 1.807) is 6.20 Å². The summed E-state index contributed by atoms with van der Waals surface area (Å²) in [5.74, 6) is 0.250. The van der Waals surface area contributed by atoms with Gasteiger partial charge in [0.1, 0.15) is 0 Å². The lowest BCUT2D eigenvalue weighted by Crippen LogP contribution is -2.14. The van der Waals surface area contributed by atoms with E-state index in [0.29, 0.717) is 10.9 Å². The van der Waals surface area contributed by atoms with Crippen LogP contribution in [0, 0.1) is 13.8 Å². The zero-order valence-electron chi connectivity index (χ0n) is 12.6. The molecular weight excluding hydrogens is 316 g/mol. The van der Waals surface area contributed by atoms with E-state index in [4.69, 9.17) is 0 Å². The number of imidazole rings is 1. The molecule has 114 valence electrons. The van der Waals surface area contributed by atoms with Gasteiger partial charge in [-0.15, -0.1) is 0 Å². The summed E-state index contributed by atoms with van der Waals surface area (Å²) < 4.78 is 2.99. The van der Waals surface area contributed by atoms with E-state index in [1.165, 1.54) is 28.7 Å². The number of hydrogen-bond acceptors (Lipinski definition) is 5. The van der Waals surface area contributed by atoms with Crippen LogP contribution in [0.1, 0.15) is 11.1 Å². The van der Waals surface area contributed by atoms with Gasteiger partial charge in [0.15, 0.2) is 10.3 Å². The van der Waals surface area contributed by atoms with Crippen LogP contribution in [0.5, 0.6) is 0 Å². The number of thioether (sulfide) groups is 1. The topological polar surface area (TPSA) is 59.8 Å². The van der Waals surface area contributed by atoms with Gasteiger partial charge in [-0.05, 0) is 31.0 Å². The maximum atomic E-state index is 12.0. The number of anilines is 1. The van der Waals surface area contributed by atoms with Gasteiger partial charge in [-0.3, -0.25) is 4.79 Å². The van der Waals surface area contributed by atoms with E-state index in [9.17, 15) is 4.79 Å². The fourth-order valence-corrected chi connectivity index (χ4v) is 3.99. The average molecular weight is 332 g/mol. The van der Waals surface area contributed by atoms with Gasteiger partial charge in [0.25, 0.3) is 0 Å². The molecule has 0 aliphatic heterocycles. The van der Waals surface area contributed by atoms with Gasteiger partial charge in [-0.25, -0.2) is 9.97 Å². The summed E-state index contributed by atoms with van der Waals surface area (Å²) in [5, 5.41) is 4.34. The molecule has 7 heteroatoms. The molecule has 0 aliphatic rings. The van der Waals surface area contributed by atoms with E-state index in [1.807, 2.05) is 24.7 Å². The van der Waals surface area contributed by atoms with Crippen LogP contribution in [0.25, 0.3) is 10.2 Å². The number of nitrogens with zero attached hydrogens (tertiary/aromatic N) is 3. The van der Waals surface area contributed by atoms with Crippen LogP contribution >= 0.6 is 23.1 Å². The Morgan fingerprint density at radius 3 is 2.95 bits per heavy atom. The fraction of sp³-hybridized carbons (Fsp3) is 0.267. The Balaban J connectivity index is 1.69. The summed E-state index contributed by atoms with van der Waals surface area (Å²) in [7, 11) is 1.91. The predicted molar refractivity (Wildman–Crippen MR) is 91.7 cm³/mol. The number of fused-ring (bicyclic) bond motifs is 1. The number of carbonyl (C=O) groups is 1. The molecule has 1 amide bonds. The average Bonchev–Trinajstić information content (AvgIpc) is 3.02. The number of thiazole rings is 1. The molecule has 0 fully saturated rings. The first-order valence-corrected chi connectivity index (χ1v) is 8.61. The van der Waals surface area contributed by atoms with Crippen molar-refractivity contribution in [2.45, 2.75) is 19.0 Å². The maximum absolute atomic E-state index is 12.0. The number of aryl methyl sites for hydroxylation is 3. The van der Waals surface area contributed by atoms with Crippen molar-refractivity contribution in [1.82, 2.24) is 14.5 Å². The first kappa shape index (κ1) is 15.1. The zero-order chi connectivity index (χ0) is 15.7. The summed E-state index contributed by atoms with van der Waals surface area (Å²) in [5.41, 5.74) is 3.30. The summed E-state index contributed by atoms with van der Waals surface area (Å²) in [4.78, 5) is 20.7. The van der Waals surface area contributed by atoms with Gasteiger partial charge in [0.05, 0.1) is 16.0 Å². The highest BCUT2D eigenvalue weighted by molar-refractivity contribution is 7.99. The van der Waals surface area contributed by atoms with Crippen molar-refractivity contribution in [3.8, 4) is 0 Å². The van der Waals surface area contributed by atoms with Gasteiger partial charge in [0.2, 0.25) is 5.91 Å². The molecule has 0 atom stereocenters. The highest BCUT2D eigenvalue weighted by atomic mass is 32.2. The van der Waals surface area contributed by atoms with Crippen LogP contribution in [-0.2, 0) is 11.8 Å². The SMILES string of the molecule is Cc1cc(C)c2nc(NC(=O)CSc3nccn3C)sc2c1. The monoisotopic (exact) mass is 332 g/mol. The Bertz CT molecular complexity index is 837. The van der Waals surface area contributed by atoms with Crippen LogP contribution in [-0.4, -0.2) is 26.2 Å². The molecule has 2 heterocycles. The fourth-order valence-electron chi connectivity index (χ4n) is 2.20. The highest BCUT2D eigenvalue weighted by Crippen LogP contribution is 2.29. The van der Waals surface area contributed by atoms with Crippen molar-refractivity contribution in [2.75, 3.05) is 11.1 Å². The second-order valence-electron chi connectivity index (χ2n) is 5.11. The summed E-state index contributed by atoms with van der Waals surface area (Å²) in [6.45, 7) is 4.10. The predicted octanol–water partition coefficient (Wildman–Crippen LogP) is 3.38. The zero-order valence-corrected chi connectivity index (χ0v) is 14.2. The normalized spacial score (nSPS) is 11.0. The minimum Gasteiger partial charge on any atom is -0.329 e. The summed E-state index contributed by atoms with van der Waals surface area (Å²) >= 11 is 2.92. The smallest absolute Gasteiger partial charge is 0.236 e. The van der Waals surface area contributed by atoms with Crippen molar-refractivity contribution in [1.29, 1.82) is 0 Å². The Kier molecular flexibility index (Phi) is 4.17. The maximum Gasteiger partial charge on any atom is 0.236 e. The summed E-state index contributed by atoms with van der Waals surface area (Å²) in [6.07, 6.45) is 3.58. The van der Waals surface area contributed by atoms with Gasteiger partial charge in [-0.2, -0.15) is 0 Å². The number of carbonyl (C=O) groups excluding carboxylic acids is 1. The summed E-state index contributed by atoms with van der Waals surface area (Å²) in [6, 6.07) is 4.20. The molecule has 0 radical (unpaired) electrons. The number of hydrogen-bond donors (Lipinski definition) is 1. The van der Waals surface area contributed by atoms with Crippen LogP contribution in [0.2, 0.25) is 0 Å². The van der Waals surface area contributed by atoms with Crippen molar-refractivity contribution >= 4 is 44.4 Å². The van der Waals surface area contributed by atoms with E-state index in [0.717, 1.165) is 20.9 Å². The molecule has 0 unspecified atom stereocenters. The molecule has 3 rings (SSSR count). The van der Waals surface area contributed by atoms with Crippen LogP contribution < -0.4 is 5.32 Å². The first-order valence-electron chi connectivity index (χ1n) is 6.80. The molecule has 0 spiro atoms. The number of nitrogens with one attached hydrogen (secondary N) is 1. The van der Waals surface area contributed by atoms with Gasteiger partial charge >= 0.3 is 0 Å². The van der Waals surface area contributed by atoms with E-state index < -0.39 is 0 Å². The molecular formula is C15H16N4OS2. The second kappa shape index (κ2) is 6.10. The van der Waals surface area contributed by atoms with Gasteiger partial charge in [0, 0.05) is 19.4 Å². The second-order valence-corrected chi connectivity index (χ2v) is 7.08. The largest absolute Gasteiger partial charge is 0.329 e. The quantitative estimate of drug-likeness (QED) is 0.744. The lowest BCUT2D eigenvalue weighted by molar-refractivity contribution is -0.113. The molecule has 0 saturated heterocycles. The Hall–Kier alpha value is -1.86. The van der Waals surface area contributed by atoms with E-state index in [-0.39, 0.29) is 5.91 Å². The van der Waals surface area contributed by atoms with Gasteiger partial charge < -0.3 is 9.88 Å². The lowest BCUT2D eigenvalue weighted by atomic mass is 10.1. The molecule has 0 aliphatic carbocycles. The van der Waals surface area contributed by atoms with Crippen molar-refractivity contribution in [2.24, 2.45) is 7.05 Å². The molecule has 5 nitrogen and oxygen atoms in total. The molecule has 0 saturated carbocycles. The van der Waals surface area contributed by atoms with Crippen molar-refractivity contribution in [3.05, 3.63) is 35.7 Å². The number of aromatic nitrogens is 3. The molecule has 1 N–H and O–H groups in total. The van der Waals surface area contributed by atoms with Gasteiger partial charge in [-0.1, -0.05) is 29.2 Å². The Morgan fingerprint density at radius 2 is 2.23 bits per heavy atom. The molecule has 22 heavy (non-hydrogen) atoms. The molecule has 0 bridgehead atoms. The third-order valence-corrected chi connectivity index (χ3v) is 5.16. The Labute approximate surface area is 136 Å². The minimum atomic E-state index is -0.0681. The lowest BCUT2D eigenvalue weighted by Gasteiger charge is -2.01. The third-order valence-electron chi connectivity index (χ3n) is 3.19.